The maximum atomic E-state index is 9.84. The molecule has 2 unspecified atom stereocenters. The van der Waals surface area contributed by atoms with Crippen LogP contribution in [0.2, 0.25) is 0 Å². The topological polar surface area (TPSA) is 113 Å². The number of aliphatic hydroxyl groups is 1. The molecule has 1 heterocycles. The highest BCUT2D eigenvalue weighted by Crippen LogP contribution is 2.25. The van der Waals surface area contributed by atoms with Crippen LogP contribution in [0.5, 0.6) is 0 Å². The minimum atomic E-state index is -1.22. The second kappa shape index (κ2) is 9.36. The van der Waals surface area contributed by atoms with Gasteiger partial charge in [0.1, 0.15) is 11.9 Å². The monoisotopic (exact) mass is 334 g/mol. The number of hydrogen-bond donors (Lipinski definition) is 4. The Hall–Kier alpha value is -1.96. The lowest BCUT2D eigenvalue weighted by molar-refractivity contribution is 0.181. The maximum absolute atomic E-state index is 9.84. The fourth-order valence-electron chi connectivity index (χ4n) is 2.11. The number of nitrogens with one attached hydrogen (secondary N) is 1. The van der Waals surface area contributed by atoms with Crippen molar-refractivity contribution in [1.82, 2.24) is 9.97 Å². The second-order valence-electron chi connectivity index (χ2n) is 5.88. The van der Waals surface area contributed by atoms with Crippen LogP contribution in [0.1, 0.15) is 44.8 Å². The summed E-state index contributed by atoms with van der Waals surface area (Å²) in [5.74, 6) is 1.16. The maximum Gasteiger partial charge on any atom is 0.155 e. The van der Waals surface area contributed by atoms with Crippen molar-refractivity contribution in [3.05, 3.63) is 36.2 Å². The van der Waals surface area contributed by atoms with Gasteiger partial charge in [-0.1, -0.05) is 31.7 Å². The van der Waals surface area contributed by atoms with Gasteiger partial charge in [-0.3, -0.25) is 0 Å². The summed E-state index contributed by atoms with van der Waals surface area (Å²) in [5, 5.41) is 12.9. The molecular weight excluding hydrogens is 304 g/mol. The van der Waals surface area contributed by atoms with Crippen LogP contribution < -0.4 is 21.7 Å². The molecule has 0 fully saturated rings. The molecule has 24 heavy (non-hydrogen) atoms. The number of anilines is 2. The first-order chi connectivity index (χ1) is 11.3. The van der Waals surface area contributed by atoms with Crippen molar-refractivity contribution in [2.75, 3.05) is 17.3 Å². The molecule has 1 rings (SSSR count). The molecule has 7 nitrogen and oxygen atoms in total. The lowest BCUT2D eigenvalue weighted by Crippen LogP contribution is -2.33. The Labute approximate surface area is 144 Å². The van der Waals surface area contributed by atoms with E-state index < -0.39 is 6.23 Å². The summed E-state index contributed by atoms with van der Waals surface area (Å²) in [5.41, 5.74) is 12.8. The van der Waals surface area contributed by atoms with Crippen molar-refractivity contribution in [3.63, 3.8) is 0 Å². The number of aromatic nitrogens is 2. The lowest BCUT2D eigenvalue weighted by Gasteiger charge is -2.27. The zero-order valence-electron chi connectivity index (χ0n) is 15.0. The van der Waals surface area contributed by atoms with E-state index in [0.29, 0.717) is 24.4 Å². The summed E-state index contributed by atoms with van der Waals surface area (Å²) < 4.78 is 0. The molecule has 0 aliphatic heterocycles. The molecule has 0 saturated carbocycles. The van der Waals surface area contributed by atoms with Crippen LogP contribution >= 0.6 is 0 Å². The summed E-state index contributed by atoms with van der Waals surface area (Å²) in [7, 11) is 1.96. The van der Waals surface area contributed by atoms with Crippen LogP contribution in [0.3, 0.4) is 0 Å². The summed E-state index contributed by atoms with van der Waals surface area (Å²) in [6.07, 6.45) is 5.08. The van der Waals surface area contributed by atoms with E-state index >= 15 is 0 Å². The predicted molar refractivity (Wildman–Crippen MR) is 99.6 cm³/mol. The van der Waals surface area contributed by atoms with Crippen LogP contribution in [0.4, 0.5) is 11.6 Å². The van der Waals surface area contributed by atoms with Gasteiger partial charge in [-0.2, -0.15) is 0 Å². The molecule has 0 saturated heterocycles. The highest BCUT2D eigenvalue weighted by atomic mass is 16.3. The van der Waals surface area contributed by atoms with E-state index in [0.717, 1.165) is 11.5 Å². The van der Waals surface area contributed by atoms with Crippen molar-refractivity contribution in [1.29, 1.82) is 0 Å². The molecule has 0 aliphatic rings. The highest BCUT2D eigenvalue weighted by molar-refractivity contribution is 5.53. The Morgan fingerprint density at radius 3 is 2.50 bits per heavy atom. The van der Waals surface area contributed by atoms with Gasteiger partial charge in [0.25, 0.3) is 0 Å². The van der Waals surface area contributed by atoms with Crippen LogP contribution in [0.25, 0.3) is 0 Å². The van der Waals surface area contributed by atoms with Crippen LogP contribution in [-0.4, -0.2) is 34.3 Å². The number of aryl methyl sites for hydroxylation is 1. The van der Waals surface area contributed by atoms with Crippen molar-refractivity contribution in [2.45, 2.75) is 52.0 Å². The molecule has 1 aromatic heterocycles. The largest absolute Gasteiger partial charge is 0.373 e. The predicted octanol–water partition coefficient (Wildman–Crippen LogP) is 1.66. The third-order valence-electron chi connectivity index (χ3n) is 3.68. The fourth-order valence-corrected chi connectivity index (χ4v) is 2.11. The lowest BCUT2D eigenvalue weighted by atomic mass is 10.2. The fraction of sp³-hybridized carbons (Fsp3) is 0.529. The third-order valence-corrected chi connectivity index (χ3v) is 3.68. The average molecular weight is 334 g/mol. The van der Waals surface area contributed by atoms with Gasteiger partial charge in [-0.15, -0.1) is 0 Å². The van der Waals surface area contributed by atoms with Gasteiger partial charge in [0, 0.05) is 13.1 Å². The molecule has 0 aliphatic carbocycles. The number of nitrogens with two attached hydrogens (primary N) is 2. The van der Waals surface area contributed by atoms with Crippen LogP contribution in [-0.2, 0) is 6.42 Å². The van der Waals surface area contributed by atoms with Gasteiger partial charge in [-0.25, -0.2) is 9.97 Å². The molecule has 0 spiro atoms. The summed E-state index contributed by atoms with van der Waals surface area (Å²) in [6, 6.07) is 0.260. The van der Waals surface area contributed by atoms with Gasteiger partial charge in [0.05, 0.1) is 11.9 Å². The van der Waals surface area contributed by atoms with E-state index in [1.54, 1.807) is 6.08 Å². The quantitative estimate of drug-likeness (QED) is 0.401. The van der Waals surface area contributed by atoms with E-state index in [4.69, 9.17) is 11.5 Å². The van der Waals surface area contributed by atoms with Crippen molar-refractivity contribution in [3.8, 4) is 0 Å². The molecule has 7 heteroatoms. The highest BCUT2D eigenvalue weighted by Gasteiger charge is 2.20. The first kappa shape index (κ1) is 20.1. The Morgan fingerprint density at radius 2 is 2.00 bits per heavy atom. The minimum Gasteiger partial charge on any atom is -0.373 e. The smallest absolute Gasteiger partial charge is 0.155 e. The summed E-state index contributed by atoms with van der Waals surface area (Å²) in [4.78, 5) is 11.2. The number of rotatable bonds is 9. The molecule has 2 atom stereocenters. The molecule has 0 aromatic carbocycles. The Morgan fingerprint density at radius 1 is 1.33 bits per heavy atom. The zero-order valence-corrected chi connectivity index (χ0v) is 15.0. The average Bonchev–Trinajstić information content (AvgIpc) is 2.53. The molecule has 0 amide bonds. The van der Waals surface area contributed by atoms with Crippen molar-refractivity contribution >= 4 is 11.6 Å². The van der Waals surface area contributed by atoms with Gasteiger partial charge in [-0.05, 0) is 26.7 Å². The van der Waals surface area contributed by atoms with Gasteiger partial charge >= 0.3 is 0 Å². The van der Waals surface area contributed by atoms with Crippen molar-refractivity contribution < 1.29 is 5.11 Å². The van der Waals surface area contributed by atoms with Gasteiger partial charge in [0.2, 0.25) is 0 Å². The van der Waals surface area contributed by atoms with E-state index in [9.17, 15) is 5.11 Å². The van der Waals surface area contributed by atoms with Gasteiger partial charge in [0.15, 0.2) is 11.6 Å². The molecular formula is C17H30N6O. The van der Waals surface area contributed by atoms with E-state index in [1.165, 1.54) is 0 Å². The second-order valence-corrected chi connectivity index (χ2v) is 5.88. The van der Waals surface area contributed by atoms with Crippen LogP contribution in [0.15, 0.2) is 24.8 Å². The molecule has 1 aromatic rings. The molecule has 0 bridgehead atoms. The van der Waals surface area contributed by atoms with E-state index in [-0.39, 0.29) is 12.2 Å². The Kier molecular flexibility index (Phi) is 7.84. The van der Waals surface area contributed by atoms with E-state index in [2.05, 4.69) is 35.7 Å². The standard InChI is InChI=1S/C17H30N6O/c1-6-8-9-10-13(18)21-16-14(15(19)24)20-12(7-2)17(22-16)23(5)11(3)4/h6,8-9,11,13,15,24H,1,7,10,18-19H2,2-5H3,(H,21,22)/b9-8-. The summed E-state index contributed by atoms with van der Waals surface area (Å²) >= 11 is 0. The van der Waals surface area contributed by atoms with E-state index in [1.807, 2.05) is 31.0 Å². The normalized spacial score (nSPS) is 14.0. The first-order valence-corrected chi connectivity index (χ1v) is 8.18. The zero-order chi connectivity index (χ0) is 18.3. The Balaban J connectivity index is 3.22. The van der Waals surface area contributed by atoms with Crippen LogP contribution in [0, 0.1) is 0 Å². The van der Waals surface area contributed by atoms with Crippen molar-refractivity contribution in [2.24, 2.45) is 11.5 Å². The molecule has 0 radical (unpaired) electrons. The molecule has 6 N–H and O–H groups in total. The van der Waals surface area contributed by atoms with Gasteiger partial charge < -0.3 is 26.8 Å². The molecule has 134 valence electrons. The Bertz CT molecular complexity index is 570. The number of aliphatic hydroxyl groups excluding tert-OH is 1. The third kappa shape index (κ3) is 5.30. The summed E-state index contributed by atoms with van der Waals surface area (Å²) in [6.45, 7) is 9.76. The minimum absolute atomic E-state index is 0.260. The number of allylic oxidation sites excluding steroid dienone is 2. The first-order valence-electron chi connectivity index (χ1n) is 8.18. The number of hydrogen-bond acceptors (Lipinski definition) is 7. The SMILES string of the molecule is C=C/C=C\CC(N)Nc1nc(N(C)C(C)C)c(CC)nc1C(N)O. The number of nitrogens with zero attached hydrogens (tertiary/aromatic N) is 3.